The van der Waals surface area contributed by atoms with Crippen LogP contribution in [0, 0.1) is 6.92 Å². The van der Waals surface area contributed by atoms with E-state index in [9.17, 15) is 13.2 Å². The summed E-state index contributed by atoms with van der Waals surface area (Å²) in [5, 5.41) is 2.89. The third-order valence-electron chi connectivity index (χ3n) is 5.48. The molecule has 0 aliphatic carbocycles. The summed E-state index contributed by atoms with van der Waals surface area (Å²) in [6.45, 7) is 4.55. The van der Waals surface area contributed by atoms with E-state index in [4.69, 9.17) is 4.74 Å². The van der Waals surface area contributed by atoms with Crippen molar-refractivity contribution in [3.05, 3.63) is 65.2 Å². The van der Waals surface area contributed by atoms with Crippen molar-refractivity contribution >= 4 is 38.1 Å². The minimum atomic E-state index is -3.96. The van der Waals surface area contributed by atoms with Gasteiger partial charge in [-0.1, -0.05) is 17.7 Å². The third-order valence-corrected chi connectivity index (χ3v) is 7.71. The van der Waals surface area contributed by atoms with Gasteiger partial charge in [-0.2, -0.15) is 0 Å². The van der Waals surface area contributed by atoms with E-state index in [0.29, 0.717) is 30.9 Å². The fourth-order valence-electron chi connectivity index (χ4n) is 3.72. The van der Waals surface area contributed by atoms with E-state index in [2.05, 4.69) is 14.6 Å². The van der Waals surface area contributed by atoms with Crippen molar-refractivity contribution in [2.75, 3.05) is 42.9 Å². The number of aromatic nitrogens is 1. The molecule has 1 aliphatic rings. The van der Waals surface area contributed by atoms with E-state index < -0.39 is 10.0 Å². The molecule has 0 atom stereocenters. The van der Waals surface area contributed by atoms with Gasteiger partial charge in [-0.25, -0.2) is 13.4 Å². The Labute approximate surface area is 197 Å². The number of thiazole rings is 1. The lowest BCUT2D eigenvalue weighted by Gasteiger charge is -2.22. The Morgan fingerprint density at radius 1 is 1.09 bits per heavy atom. The van der Waals surface area contributed by atoms with Gasteiger partial charge in [0.2, 0.25) is 0 Å². The molecule has 10 heteroatoms. The second kappa shape index (κ2) is 9.80. The van der Waals surface area contributed by atoms with Crippen LogP contribution >= 0.6 is 11.3 Å². The number of carbonyl (C=O) groups excluding carboxylic acids is 1. The van der Waals surface area contributed by atoms with Crippen molar-refractivity contribution in [1.29, 1.82) is 0 Å². The van der Waals surface area contributed by atoms with Crippen LogP contribution in [0.2, 0.25) is 0 Å². The summed E-state index contributed by atoms with van der Waals surface area (Å²) in [6.07, 6.45) is 2.58. The van der Waals surface area contributed by atoms with Crippen LogP contribution in [-0.4, -0.2) is 57.5 Å². The number of nitrogens with zero attached hydrogens (tertiary/aromatic N) is 3. The summed E-state index contributed by atoms with van der Waals surface area (Å²) in [4.78, 5) is 21.5. The maximum Gasteiger partial charge on any atom is 0.265 e. The molecular formula is C23H26N4O4S2. The zero-order valence-corrected chi connectivity index (χ0v) is 20.2. The number of sulfonamides is 1. The molecule has 0 unspecified atom stereocenters. The highest BCUT2D eigenvalue weighted by Crippen LogP contribution is 2.28. The van der Waals surface area contributed by atoms with Crippen molar-refractivity contribution in [2.45, 2.75) is 18.2 Å². The van der Waals surface area contributed by atoms with Crippen LogP contribution in [0.1, 0.15) is 22.3 Å². The second-order valence-corrected chi connectivity index (χ2v) is 10.3. The summed E-state index contributed by atoms with van der Waals surface area (Å²) < 4.78 is 34.1. The molecule has 0 spiro atoms. The van der Waals surface area contributed by atoms with E-state index in [1.807, 2.05) is 24.4 Å². The van der Waals surface area contributed by atoms with Crippen molar-refractivity contribution in [1.82, 2.24) is 9.88 Å². The largest absolute Gasteiger partial charge is 0.495 e. The highest BCUT2D eigenvalue weighted by molar-refractivity contribution is 7.92. The van der Waals surface area contributed by atoms with E-state index in [1.165, 1.54) is 19.2 Å². The van der Waals surface area contributed by atoms with Crippen LogP contribution < -0.4 is 14.4 Å². The average molecular weight is 487 g/mol. The third kappa shape index (κ3) is 5.28. The molecule has 0 bridgehead atoms. The van der Waals surface area contributed by atoms with Crippen molar-refractivity contribution in [2.24, 2.45) is 0 Å². The molecule has 2 heterocycles. The zero-order valence-electron chi connectivity index (χ0n) is 18.5. The quantitative estimate of drug-likeness (QED) is 0.572. The van der Waals surface area contributed by atoms with E-state index >= 15 is 0 Å². The first-order chi connectivity index (χ1) is 15.9. The monoisotopic (exact) mass is 486 g/mol. The van der Waals surface area contributed by atoms with Crippen molar-refractivity contribution in [3.63, 3.8) is 0 Å². The molecule has 1 saturated heterocycles. The topological polar surface area (TPSA) is 91.8 Å². The SMILES string of the molecule is COc1ccc(C(=O)N2CCCN(c3nccs3)CC2)cc1S(=O)(=O)Nc1ccc(C)cc1. The van der Waals surface area contributed by atoms with E-state index in [1.54, 1.807) is 40.6 Å². The molecule has 0 saturated carbocycles. The van der Waals surface area contributed by atoms with Crippen LogP contribution in [0.25, 0.3) is 0 Å². The standard InChI is InChI=1S/C23H26N4O4S2/c1-17-4-7-19(8-5-17)25-33(29,30)21-16-18(6-9-20(21)31-2)22(28)26-11-3-12-27(14-13-26)23-24-10-15-32-23/h4-10,15-16,25H,3,11-14H2,1-2H3. The Bertz CT molecular complexity index is 1210. The molecule has 8 nitrogen and oxygen atoms in total. The van der Waals surface area contributed by atoms with Gasteiger partial charge in [-0.15, -0.1) is 11.3 Å². The fourth-order valence-corrected chi connectivity index (χ4v) is 5.67. The van der Waals surface area contributed by atoms with Gasteiger partial charge in [0.15, 0.2) is 5.13 Å². The number of ether oxygens (including phenoxy) is 1. The molecule has 33 heavy (non-hydrogen) atoms. The lowest BCUT2D eigenvalue weighted by atomic mass is 10.2. The van der Waals surface area contributed by atoms with E-state index in [-0.39, 0.29) is 16.6 Å². The lowest BCUT2D eigenvalue weighted by molar-refractivity contribution is 0.0766. The molecule has 4 rings (SSSR count). The summed E-state index contributed by atoms with van der Waals surface area (Å²) in [6, 6.07) is 11.6. The van der Waals surface area contributed by atoms with Gasteiger partial charge >= 0.3 is 0 Å². The van der Waals surface area contributed by atoms with Gasteiger partial charge in [0, 0.05) is 49.0 Å². The first-order valence-electron chi connectivity index (χ1n) is 10.6. The van der Waals surface area contributed by atoms with Gasteiger partial charge < -0.3 is 14.5 Å². The maximum atomic E-state index is 13.3. The number of benzene rings is 2. The van der Waals surface area contributed by atoms with Crippen LogP contribution in [0.4, 0.5) is 10.8 Å². The Kier molecular flexibility index (Phi) is 6.85. The lowest BCUT2D eigenvalue weighted by Crippen LogP contribution is -2.35. The fraction of sp³-hybridized carbons (Fsp3) is 0.304. The number of nitrogens with one attached hydrogen (secondary N) is 1. The van der Waals surface area contributed by atoms with Gasteiger partial charge in [0.05, 0.1) is 7.11 Å². The number of rotatable bonds is 6. The normalized spacial score (nSPS) is 14.6. The molecule has 174 valence electrons. The minimum absolute atomic E-state index is 0.0735. The van der Waals surface area contributed by atoms with Crippen LogP contribution in [0.5, 0.6) is 5.75 Å². The molecule has 1 aliphatic heterocycles. The van der Waals surface area contributed by atoms with Gasteiger partial charge in [0.1, 0.15) is 10.6 Å². The Hall–Kier alpha value is -3.11. The van der Waals surface area contributed by atoms with Crippen LogP contribution in [0.15, 0.2) is 58.9 Å². The highest BCUT2D eigenvalue weighted by atomic mass is 32.2. The molecule has 1 N–H and O–H groups in total. The molecule has 3 aromatic rings. The minimum Gasteiger partial charge on any atom is -0.495 e. The molecule has 1 amide bonds. The van der Waals surface area contributed by atoms with Crippen LogP contribution in [-0.2, 0) is 10.0 Å². The number of carbonyl (C=O) groups is 1. The first kappa shape index (κ1) is 23.1. The average Bonchev–Trinajstić information content (AvgIpc) is 3.24. The van der Waals surface area contributed by atoms with Gasteiger partial charge in [0.25, 0.3) is 15.9 Å². The summed E-state index contributed by atoms with van der Waals surface area (Å²) in [5.74, 6) is -0.0256. The summed E-state index contributed by atoms with van der Waals surface area (Å²) in [5.41, 5.74) is 1.77. The van der Waals surface area contributed by atoms with Crippen molar-refractivity contribution < 1.29 is 17.9 Å². The molecule has 2 aromatic carbocycles. The van der Waals surface area contributed by atoms with E-state index in [0.717, 1.165) is 23.7 Å². The summed E-state index contributed by atoms with van der Waals surface area (Å²) in [7, 11) is -2.56. The molecular weight excluding hydrogens is 460 g/mol. The predicted molar refractivity (Wildman–Crippen MR) is 130 cm³/mol. The van der Waals surface area contributed by atoms with Gasteiger partial charge in [-0.05, 0) is 43.7 Å². The maximum absolute atomic E-state index is 13.3. The highest BCUT2D eigenvalue weighted by Gasteiger charge is 2.25. The zero-order chi connectivity index (χ0) is 23.4. The molecule has 1 fully saturated rings. The number of hydrogen-bond donors (Lipinski definition) is 1. The number of anilines is 2. The number of aryl methyl sites for hydroxylation is 1. The predicted octanol–water partition coefficient (Wildman–Crippen LogP) is 3.61. The van der Waals surface area contributed by atoms with Gasteiger partial charge in [-0.3, -0.25) is 9.52 Å². The smallest absolute Gasteiger partial charge is 0.265 e. The number of methoxy groups -OCH3 is 1. The first-order valence-corrected chi connectivity index (χ1v) is 12.9. The Morgan fingerprint density at radius 2 is 1.88 bits per heavy atom. The number of hydrogen-bond acceptors (Lipinski definition) is 7. The Balaban J connectivity index is 1.55. The Morgan fingerprint density at radius 3 is 2.58 bits per heavy atom. The van der Waals surface area contributed by atoms with Crippen LogP contribution in [0.3, 0.4) is 0 Å². The van der Waals surface area contributed by atoms with Crippen molar-refractivity contribution in [3.8, 4) is 5.75 Å². The molecule has 0 radical (unpaired) electrons. The summed E-state index contributed by atoms with van der Waals surface area (Å²) >= 11 is 1.58. The second-order valence-electron chi connectivity index (χ2n) is 7.78. The molecule has 1 aromatic heterocycles. The number of amides is 1.